The summed E-state index contributed by atoms with van der Waals surface area (Å²) in [5.41, 5.74) is 8.93. The Kier molecular flexibility index (Phi) is 5.41. The van der Waals surface area contributed by atoms with E-state index in [1.165, 1.54) is 18.2 Å². The van der Waals surface area contributed by atoms with Crippen molar-refractivity contribution in [3.8, 4) is 0 Å². The summed E-state index contributed by atoms with van der Waals surface area (Å²) < 4.78 is 13.4. The highest BCUT2D eigenvalue weighted by atomic mass is 19.1. The SMILES string of the molecule is [N-]=[N+]=NCCC=Cc1cc(CC(=O)O)ccc1F. The molecule has 0 aromatic heterocycles. The number of benzene rings is 1. The molecule has 0 aliphatic heterocycles. The van der Waals surface area contributed by atoms with Gasteiger partial charge in [0, 0.05) is 17.0 Å². The van der Waals surface area contributed by atoms with Gasteiger partial charge in [-0.3, -0.25) is 4.79 Å². The quantitative estimate of drug-likeness (QED) is 0.363. The van der Waals surface area contributed by atoms with Gasteiger partial charge in [-0.2, -0.15) is 0 Å². The maximum atomic E-state index is 13.4. The molecule has 0 aliphatic carbocycles. The Bertz CT molecular complexity index is 508. The van der Waals surface area contributed by atoms with Crippen LogP contribution in [0.15, 0.2) is 29.4 Å². The van der Waals surface area contributed by atoms with E-state index < -0.39 is 11.8 Å². The number of carbonyl (C=O) groups is 1. The molecule has 1 aromatic rings. The van der Waals surface area contributed by atoms with E-state index in [0.29, 0.717) is 24.1 Å². The van der Waals surface area contributed by atoms with Crippen LogP contribution in [0.5, 0.6) is 0 Å². The van der Waals surface area contributed by atoms with Gasteiger partial charge < -0.3 is 5.11 Å². The first kappa shape index (κ1) is 13.7. The van der Waals surface area contributed by atoms with Crippen LogP contribution >= 0.6 is 0 Å². The van der Waals surface area contributed by atoms with Crippen LogP contribution in [0.4, 0.5) is 4.39 Å². The summed E-state index contributed by atoms with van der Waals surface area (Å²) in [7, 11) is 0. The molecule has 0 amide bonds. The maximum Gasteiger partial charge on any atom is 0.307 e. The van der Waals surface area contributed by atoms with Crippen molar-refractivity contribution < 1.29 is 14.3 Å². The Labute approximate surface area is 103 Å². The predicted molar refractivity (Wildman–Crippen MR) is 65.4 cm³/mol. The Morgan fingerprint density at radius 2 is 2.33 bits per heavy atom. The van der Waals surface area contributed by atoms with Crippen molar-refractivity contribution in [2.24, 2.45) is 5.11 Å². The lowest BCUT2D eigenvalue weighted by Crippen LogP contribution is -2.00. The molecule has 0 saturated carbocycles. The van der Waals surface area contributed by atoms with E-state index in [0.717, 1.165) is 0 Å². The summed E-state index contributed by atoms with van der Waals surface area (Å²) in [4.78, 5) is 13.1. The molecule has 0 fully saturated rings. The van der Waals surface area contributed by atoms with Crippen LogP contribution < -0.4 is 0 Å². The highest BCUT2D eigenvalue weighted by Gasteiger charge is 2.04. The van der Waals surface area contributed by atoms with Crippen molar-refractivity contribution in [3.05, 3.63) is 51.7 Å². The van der Waals surface area contributed by atoms with E-state index in [1.807, 2.05) is 0 Å². The number of rotatable bonds is 6. The lowest BCUT2D eigenvalue weighted by atomic mass is 10.1. The van der Waals surface area contributed by atoms with Gasteiger partial charge in [0.2, 0.25) is 0 Å². The molecule has 0 atom stereocenters. The first-order chi connectivity index (χ1) is 8.63. The lowest BCUT2D eigenvalue weighted by Gasteiger charge is -2.01. The second kappa shape index (κ2) is 7.09. The predicted octanol–water partition coefficient (Wildman–Crippen LogP) is 3.17. The number of hydrogen-bond acceptors (Lipinski definition) is 2. The monoisotopic (exact) mass is 249 g/mol. The van der Waals surface area contributed by atoms with Gasteiger partial charge in [-0.25, -0.2) is 4.39 Å². The van der Waals surface area contributed by atoms with Crippen LogP contribution in [0.2, 0.25) is 0 Å². The molecule has 0 bridgehead atoms. The van der Waals surface area contributed by atoms with Crippen LogP contribution in [-0.2, 0) is 11.2 Å². The lowest BCUT2D eigenvalue weighted by molar-refractivity contribution is -0.136. The van der Waals surface area contributed by atoms with E-state index in [4.69, 9.17) is 10.6 Å². The third-order valence-electron chi connectivity index (χ3n) is 2.17. The van der Waals surface area contributed by atoms with Crippen molar-refractivity contribution in [2.45, 2.75) is 12.8 Å². The minimum atomic E-state index is -0.958. The van der Waals surface area contributed by atoms with Crippen molar-refractivity contribution in [3.63, 3.8) is 0 Å². The molecule has 0 heterocycles. The van der Waals surface area contributed by atoms with Crippen molar-refractivity contribution in [1.82, 2.24) is 0 Å². The van der Waals surface area contributed by atoms with E-state index in [1.54, 1.807) is 12.2 Å². The highest BCUT2D eigenvalue weighted by molar-refractivity contribution is 5.70. The van der Waals surface area contributed by atoms with E-state index in [2.05, 4.69) is 10.0 Å². The van der Waals surface area contributed by atoms with Crippen molar-refractivity contribution in [1.29, 1.82) is 0 Å². The van der Waals surface area contributed by atoms with Crippen molar-refractivity contribution in [2.75, 3.05) is 6.54 Å². The van der Waals surface area contributed by atoms with Crippen LogP contribution in [0.3, 0.4) is 0 Å². The van der Waals surface area contributed by atoms with Gasteiger partial charge in [-0.1, -0.05) is 23.3 Å². The van der Waals surface area contributed by atoms with Crippen LogP contribution in [0, 0.1) is 5.82 Å². The normalized spacial score (nSPS) is 10.3. The Morgan fingerprint density at radius 1 is 1.56 bits per heavy atom. The molecule has 1 N–H and O–H groups in total. The number of hydrogen-bond donors (Lipinski definition) is 1. The zero-order valence-corrected chi connectivity index (χ0v) is 9.58. The third-order valence-corrected chi connectivity index (χ3v) is 2.17. The minimum Gasteiger partial charge on any atom is -0.481 e. The summed E-state index contributed by atoms with van der Waals surface area (Å²) in [5, 5.41) is 12.0. The molecule has 1 rings (SSSR count). The highest BCUT2D eigenvalue weighted by Crippen LogP contribution is 2.13. The zero-order valence-electron chi connectivity index (χ0n) is 9.58. The van der Waals surface area contributed by atoms with Gasteiger partial charge in [-0.05, 0) is 29.6 Å². The largest absolute Gasteiger partial charge is 0.481 e. The van der Waals surface area contributed by atoms with Gasteiger partial charge in [0.15, 0.2) is 0 Å². The van der Waals surface area contributed by atoms with Gasteiger partial charge >= 0.3 is 5.97 Å². The number of azide groups is 1. The Balaban J connectivity index is 2.74. The van der Waals surface area contributed by atoms with Gasteiger partial charge in [0.1, 0.15) is 5.82 Å². The number of carboxylic acid groups (broad SMARTS) is 1. The smallest absolute Gasteiger partial charge is 0.307 e. The fraction of sp³-hybridized carbons (Fsp3) is 0.250. The summed E-state index contributed by atoms with van der Waals surface area (Å²) in [6.45, 7) is 0.309. The fourth-order valence-corrected chi connectivity index (χ4v) is 1.39. The summed E-state index contributed by atoms with van der Waals surface area (Å²) >= 11 is 0. The maximum absolute atomic E-state index is 13.4. The van der Waals surface area contributed by atoms with Crippen molar-refractivity contribution >= 4 is 12.0 Å². The molecule has 0 spiro atoms. The summed E-state index contributed by atoms with van der Waals surface area (Å²) in [6, 6.07) is 4.18. The topological polar surface area (TPSA) is 86.1 Å². The first-order valence-corrected chi connectivity index (χ1v) is 5.31. The number of carboxylic acids is 1. The molecule has 18 heavy (non-hydrogen) atoms. The number of halogens is 1. The molecule has 5 nitrogen and oxygen atoms in total. The molecule has 1 aromatic carbocycles. The van der Waals surface area contributed by atoms with Gasteiger partial charge in [0.25, 0.3) is 0 Å². The summed E-state index contributed by atoms with van der Waals surface area (Å²) in [5.74, 6) is -1.37. The molecule has 0 radical (unpaired) electrons. The van der Waals surface area contributed by atoms with Gasteiger partial charge in [0.05, 0.1) is 6.42 Å². The average Bonchev–Trinajstić information content (AvgIpc) is 2.32. The van der Waals surface area contributed by atoms with Gasteiger partial charge in [-0.15, -0.1) is 0 Å². The van der Waals surface area contributed by atoms with E-state index in [-0.39, 0.29) is 6.42 Å². The van der Waals surface area contributed by atoms with E-state index in [9.17, 15) is 9.18 Å². The molecule has 6 heteroatoms. The van der Waals surface area contributed by atoms with Crippen LogP contribution in [-0.4, -0.2) is 17.6 Å². The first-order valence-electron chi connectivity index (χ1n) is 5.31. The fourth-order valence-electron chi connectivity index (χ4n) is 1.39. The van der Waals surface area contributed by atoms with Crippen LogP contribution in [0.25, 0.3) is 16.5 Å². The molecule has 0 unspecified atom stereocenters. The average molecular weight is 249 g/mol. The molecule has 0 aliphatic rings. The number of aliphatic carboxylic acids is 1. The number of nitrogens with zero attached hydrogens (tertiary/aromatic N) is 3. The standard InChI is InChI=1S/C12H12FN3O2/c13-11-5-4-9(8-12(17)18)7-10(11)3-1-2-6-15-16-14/h1,3-5,7H,2,6,8H2,(H,17,18). The molecule has 0 saturated heterocycles. The summed E-state index contributed by atoms with van der Waals surface area (Å²) in [6.07, 6.45) is 3.59. The zero-order chi connectivity index (χ0) is 13.4. The minimum absolute atomic E-state index is 0.139. The Morgan fingerprint density at radius 3 is 3.00 bits per heavy atom. The third kappa shape index (κ3) is 4.67. The Hall–Kier alpha value is -2.33. The van der Waals surface area contributed by atoms with E-state index >= 15 is 0 Å². The molecular weight excluding hydrogens is 237 g/mol. The second-order valence-corrected chi connectivity index (χ2v) is 3.57. The molecular formula is C12H12FN3O2. The molecule has 94 valence electrons. The van der Waals surface area contributed by atoms with Crippen LogP contribution in [0.1, 0.15) is 17.5 Å². The second-order valence-electron chi connectivity index (χ2n) is 3.57.